The van der Waals surface area contributed by atoms with Gasteiger partial charge in [0.2, 0.25) is 0 Å². The van der Waals surface area contributed by atoms with Gasteiger partial charge in [0.25, 0.3) is 0 Å². The summed E-state index contributed by atoms with van der Waals surface area (Å²) in [6, 6.07) is 1.82. The summed E-state index contributed by atoms with van der Waals surface area (Å²) in [5.41, 5.74) is 0.507. The van der Waals surface area contributed by atoms with Crippen LogP contribution >= 0.6 is 11.3 Å². The van der Waals surface area contributed by atoms with Crippen molar-refractivity contribution in [2.75, 3.05) is 6.54 Å². The summed E-state index contributed by atoms with van der Waals surface area (Å²) in [5.74, 6) is -2.38. The van der Waals surface area contributed by atoms with Crippen molar-refractivity contribution in [2.45, 2.75) is 58.1 Å². The Balaban J connectivity index is 1.49. The van der Waals surface area contributed by atoms with Crippen molar-refractivity contribution >= 4 is 23.1 Å². The van der Waals surface area contributed by atoms with Gasteiger partial charge in [0.15, 0.2) is 17.7 Å². The zero-order chi connectivity index (χ0) is 23.2. The molecule has 1 fully saturated rings. The molecule has 7 nitrogen and oxygen atoms in total. The fourth-order valence-electron chi connectivity index (χ4n) is 4.38. The van der Waals surface area contributed by atoms with Crippen molar-refractivity contribution in [3.63, 3.8) is 0 Å². The minimum atomic E-state index is -1.05. The van der Waals surface area contributed by atoms with Gasteiger partial charge < -0.3 is 20.0 Å². The number of halogens is 2. The normalized spacial score (nSPS) is 23.7. The molecule has 1 saturated heterocycles. The molecule has 2 aliphatic heterocycles. The molecule has 3 unspecified atom stereocenters. The molecule has 1 aromatic carbocycles. The molecule has 0 saturated carbocycles. The van der Waals surface area contributed by atoms with Gasteiger partial charge in [0, 0.05) is 30.3 Å². The number of thiazole rings is 1. The first-order valence-electron chi connectivity index (χ1n) is 10.4. The number of amides is 1. The average Bonchev–Trinajstić information content (AvgIpc) is 3.40. The fraction of sp³-hybridized carbons (Fsp3) is 0.500. The molecule has 4 rings (SSSR count). The number of rotatable bonds is 3. The summed E-state index contributed by atoms with van der Waals surface area (Å²) in [4.78, 5) is 23.1. The first-order valence-corrected chi connectivity index (χ1v) is 11.3. The number of likely N-dealkylation sites (tertiary alicyclic amines) is 1. The topological polar surface area (TPSA) is 95.3 Å². The Hall–Kier alpha value is -2.75. The van der Waals surface area contributed by atoms with E-state index in [1.54, 1.807) is 0 Å². The van der Waals surface area contributed by atoms with Crippen LogP contribution in [-0.2, 0) is 4.84 Å². The third-order valence-corrected chi connectivity index (χ3v) is 7.12. The fourth-order valence-corrected chi connectivity index (χ4v) is 5.36. The summed E-state index contributed by atoms with van der Waals surface area (Å²) < 4.78 is 28.4. The van der Waals surface area contributed by atoms with Gasteiger partial charge in [-0.3, -0.25) is 0 Å². The maximum Gasteiger partial charge on any atom is 0.407 e. The number of hydrogen-bond donors (Lipinski definition) is 2. The van der Waals surface area contributed by atoms with Crippen LogP contribution in [0.25, 0.3) is 0 Å². The number of aromatic nitrogens is 1. The second-order valence-electron chi connectivity index (χ2n) is 9.28. The van der Waals surface area contributed by atoms with Crippen LogP contribution in [0.4, 0.5) is 13.6 Å². The Labute approximate surface area is 188 Å². The first-order chi connectivity index (χ1) is 15.1. The van der Waals surface area contributed by atoms with E-state index in [4.69, 9.17) is 9.82 Å². The summed E-state index contributed by atoms with van der Waals surface area (Å²) >= 11 is 1.47. The van der Waals surface area contributed by atoms with E-state index >= 15 is 0 Å². The minimum Gasteiger partial charge on any atom is -0.505 e. The number of oxime groups is 1. The lowest BCUT2D eigenvalue weighted by Gasteiger charge is -2.44. The van der Waals surface area contributed by atoms with Gasteiger partial charge in [-0.15, -0.1) is 11.3 Å². The molecular weight excluding hydrogens is 440 g/mol. The van der Waals surface area contributed by atoms with Crippen LogP contribution in [-0.4, -0.2) is 44.5 Å². The molecule has 0 spiro atoms. The monoisotopic (exact) mass is 465 g/mol. The highest BCUT2D eigenvalue weighted by Gasteiger charge is 2.40. The van der Waals surface area contributed by atoms with Gasteiger partial charge in [0.1, 0.15) is 11.5 Å². The molecule has 2 aromatic rings. The summed E-state index contributed by atoms with van der Waals surface area (Å²) in [6.07, 6.45) is -0.405. The van der Waals surface area contributed by atoms with Crippen LogP contribution in [0.2, 0.25) is 0 Å². The van der Waals surface area contributed by atoms with Gasteiger partial charge in [0.05, 0.1) is 16.3 Å². The van der Waals surface area contributed by atoms with Crippen LogP contribution in [0.3, 0.4) is 0 Å². The number of hydrogen-bond acceptors (Lipinski definition) is 6. The van der Waals surface area contributed by atoms with Gasteiger partial charge in [-0.05, 0) is 30.4 Å². The molecule has 0 aliphatic carbocycles. The number of phenolic OH excluding ortho intramolecular Hbond substituents is 1. The first kappa shape index (κ1) is 22.4. The van der Waals surface area contributed by atoms with Crippen LogP contribution in [0.1, 0.15) is 68.3 Å². The van der Waals surface area contributed by atoms with Crippen LogP contribution in [0.5, 0.6) is 5.75 Å². The van der Waals surface area contributed by atoms with Crippen LogP contribution < -0.4 is 0 Å². The van der Waals surface area contributed by atoms with Gasteiger partial charge in [-0.1, -0.05) is 25.9 Å². The minimum absolute atomic E-state index is 0.119. The highest BCUT2D eigenvalue weighted by molar-refractivity contribution is 7.10. The lowest BCUT2D eigenvalue weighted by molar-refractivity contribution is 0.0525. The smallest absolute Gasteiger partial charge is 0.407 e. The van der Waals surface area contributed by atoms with E-state index in [9.17, 15) is 23.8 Å². The van der Waals surface area contributed by atoms with E-state index < -0.39 is 29.6 Å². The quantitative estimate of drug-likeness (QED) is 0.644. The number of nitrogens with zero attached hydrogens (tertiary/aromatic N) is 3. The molecule has 2 aliphatic rings. The zero-order valence-electron chi connectivity index (χ0n) is 18.0. The van der Waals surface area contributed by atoms with Crippen LogP contribution in [0.15, 0.2) is 22.7 Å². The predicted octanol–water partition coefficient (Wildman–Crippen LogP) is 5.26. The Morgan fingerprint density at radius 2 is 2.06 bits per heavy atom. The van der Waals surface area contributed by atoms with E-state index in [2.05, 4.69) is 5.16 Å². The SMILES string of the molecule is CC(C)(C)C1CC(c2nc(C3=NOC(c4c(F)ccc(O)c4F)C3)cs2)CCN1C(=O)O. The Kier molecular flexibility index (Phi) is 5.83. The van der Waals surface area contributed by atoms with Crippen molar-refractivity contribution in [3.8, 4) is 5.75 Å². The van der Waals surface area contributed by atoms with Crippen molar-refractivity contribution in [1.82, 2.24) is 9.88 Å². The van der Waals surface area contributed by atoms with Crippen molar-refractivity contribution in [1.29, 1.82) is 0 Å². The number of carbonyl (C=O) groups is 1. The lowest BCUT2D eigenvalue weighted by Crippen LogP contribution is -2.51. The summed E-state index contributed by atoms with van der Waals surface area (Å²) in [7, 11) is 0. The molecule has 0 bridgehead atoms. The van der Waals surface area contributed by atoms with E-state index in [0.29, 0.717) is 30.8 Å². The van der Waals surface area contributed by atoms with E-state index in [1.807, 2.05) is 26.2 Å². The summed E-state index contributed by atoms with van der Waals surface area (Å²) in [6.45, 7) is 6.55. The number of piperidine rings is 1. The number of phenols is 1. The molecular formula is C22H25F2N3O4S. The number of carboxylic acid groups (broad SMARTS) is 1. The molecule has 2 N–H and O–H groups in total. The van der Waals surface area contributed by atoms with Crippen molar-refractivity contribution in [3.05, 3.63) is 45.4 Å². The van der Waals surface area contributed by atoms with Crippen molar-refractivity contribution < 1.29 is 28.6 Å². The van der Waals surface area contributed by atoms with Gasteiger partial charge in [-0.25, -0.2) is 18.6 Å². The molecule has 32 heavy (non-hydrogen) atoms. The third-order valence-electron chi connectivity index (χ3n) is 6.11. The largest absolute Gasteiger partial charge is 0.505 e. The Bertz CT molecular complexity index is 1070. The maximum atomic E-state index is 14.2. The van der Waals surface area contributed by atoms with E-state index in [1.165, 1.54) is 16.2 Å². The van der Waals surface area contributed by atoms with Gasteiger partial charge in [-0.2, -0.15) is 0 Å². The molecule has 10 heteroatoms. The molecule has 172 valence electrons. The molecule has 1 aromatic heterocycles. The van der Waals surface area contributed by atoms with Crippen molar-refractivity contribution in [2.24, 2.45) is 10.6 Å². The predicted molar refractivity (Wildman–Crippen MR) is 115 cm³/mol. The molecule has 0 radical (unpaired) electrons. The Morgan fingerprint density at radius 1 is 1.31 bits per heavy atom. The average molecular weight is 466 g/mol. The molecule has 1 amide bonds. The van der Waals surface area contributed by atoms with Gasteiger partial charge >= 0.3 is 6.09 Å². The second-order valence-corrected chi connectivity index (χ2v) is 10.2. The number of benzene rings is 1. The number of aromatic hydroxyl groups is 1. The standard InChI is InChI=1S/C22H25F2N3O4S/c1-22(2,3)17-8-11(6-7-27(17)21(29)30)20-25-14(10-32-20)13-9-16(31-26-13)18-12(23)4-5-15(28)19(18)24/h4-5,10-11,16-17,28H,6-9H2,1-3H3,(H,29,30). The highest BCUT2D eigenvalue weighted by Crippen LogP contribution is 2.41. The van der Waals surface area contributed by atoms with E-state index in [-0.39, 0.29) is 29.4 Å². The third kappa shape index (κ3) is 4.15. The second kappa shape index (κ2) is 8.31. The highest BCUT2D eigenvalue weighted by atomic mass is 32.1. The Morgan fingerprint density at radius 3 is 2.75 bits per heavy atom. The molecule has 3 heterocycles. The van der Waals surface area contributed by atoms with Crippen LogP contribution in [0, 0.1) is 17.0 Å². The molecule has 3 atom stereocenters. The summed E-state index contributed by atoms with van der Waals surface area (Å²) in [5, 5.41) is 25.8. The zero-order valence-corrected chi connectivity index (χ0v) is 18.8. The maximum absolute atomic E-state index is 14.2. The lowest BCUT2D eigenvalue weighted by atomic mass is 9.77. The van der Waals surface area contributed by atoms with E-state index in [0.717, 1.165) is 17.1 Å².